The first-order valence-corrected chi connectivity index (χ1v) is 7.76. The Morgan fingerprint density at radius 2 is 2.05 bits per heavy atom. The maximum absolute atomic E-state index is 6.02. The van der Waals surface area contributed by atoms with Crippen molar-refractivity contribution >= 4 is 0 Å². The second kappa shape index (κ2) is 6.41. The number of hydrogen-bond donors (Lipinski definition) is 0. The van der Waals surface area contributed by atoms with Crippen LogP contribution in [0.3, 0.4) is 0 Å². The van der Waals surface area contributed by atoms with Gasteiger partial charge >= 0.3 is 0 Å². The minimum atomic E-state index is 0.197. The van der Waals surface area contributed by atoms with Gasteiger partial charge in [-0.1, -0.05) is 30.3 Å². The van der Waals surface area contributed by atoms with E-state index in [1.165, 1.54) is 16.7 Å². The first-order chi connectivity index (χ1) is 10.7. The van der Waals surface area contributed by atoms with Crippen LogP contribution in [0.4, 0.5) is 0 Å². The van der Waals surface area contributed by atoms with Gasteiger partial charge in [0, 0.05) is 25.2 Å². The SMILES string of the molecule is COc1ccc(CN2Cc3ccccc3OC(C)C2)cc1C. The first kappa shape index (κ1) is 14.9. The maximum Gasteiger partial charge on any atom is 0.124 e. The molecule has 0 bridgehead atoms. The van der Waals surface area contributed by atoms with E-state index >= 15 is 0 Å². The van der Waals surface area contributed by atoms with E-state index in [0.29, 0.717) is 0 Å². The van der Waals surface area contributed by atoms with Crippen LogP contribution in [0.15, 0.2) is 42.5 Å². The third-order valence-electron chi connectivity index (χ3n) is 4.08. The lowest BCUT2D eigenvalue weighted by Crippen LogP contribution is -2.30. The molecule has 2 aromatic rings. The van der Waals surface area contributed by atoms with E-state index < -0.39 is 0 Å². The third kappa shape index (κ3) is 3.25. The predicted molar refractivity (Wildman–Crippen MR) is 88.4 cm³/mol. The van der Waals surface area contributed by atoms with Crippen molar-refractivity contribution in [2.75, 3.05) is 13.7 Å². The van der Waals surface area contributed by atoms with Gasteiger partial charge in [0.25, 0.3) is 0 Å². The predicted octanol–water partition coefficient (Wildman–Crippen LogP) is 3.79. The minimum absolute atomic E-state index is 0.197. The molecule has 0 fully saturated rings. The highest BCUT2D eigenvalue weighted by Gasteiger charge is 2.19. The number of benzene rings is 2. The van der Waals surface area contributed by atoms with Gasteiger partial charge in [-0.05, 0) is 37.1 Å². The van der Waals surface area contributed by atoms with Crippen molar-refractivity contribution in [3.63, 3.8) is 0 Å². The zero-order valence-corrected chi connectivity index (χ0v) is 13.5. The van der Waals surface area contributed by atoms with Crippen LogP contribution in [0, 0.1) is 6.92 Å². The van der Waals surface area contributed by atoms with E-state index in [0.717, 1.165) is 31.1 Å². The highest BCUT2D eigenvalue weighted by atomic mass is 16.5. The first-order valence-electron chi connectivity index (χ1n) is 7.76. The van der Waals surface area contributed by atoms with Gasteiger partial charge in [-0.3, -0.25) is 4.90 Å². The number of nitrogens with zero attached hydrogens (tertiary/aromatic N) is 1. The maximum atomic E-state index is 6.02. The fourth-order valence-corrected chi connectivity index (χ4v) is 3.09. The fourth-order valence-electron chi connectivity index (χ4n) is 3.09. The Morgan fingerprint density at radius 1 is 1.23 bits per heavy atom. The summed E-state index contributed by atoms with van der Waals surface area (Å²) in [6.45, 7) is 7.00. The van der Waals surface area contributed by atoms with Gasteiger partial charge in [0.05, 0.1) is 7.11 Å². The monoisotopic (exact) mass is 297 g/mol. The lowest BCUT2D eigenvalue weighted by molar-refractivity contribution is 0.156. The van der Waals surface area contributed by atoms with Crippen molar-refractivity contribution in [2.45, 2.75) is 33.0 Å². The quantitative estimate of drug-likeness (QED) is 0.860. The summed E-state index contributed by atoms with van der Waals surface area (Å²) in [5, 5.41) is 0. The largest absolute Gasteiger partial charge is 0.496 e. The molecule has 0 amide bonds. The van der Waals surface area contributed by atoms with E-state index in [-0.39, 0.29) is 6.10 Å². The third-order valence-corrected chi connectivity index (χ3v) is 4.08. The van der Waals surface area contributed by atoms with Gasteiger partial charge in [0.2, 0.25) is 0 Å². The zero-order valence-electron chi connectivity index (χ0n) is 13.5. The standard InChI is InChI=1S/C19H23NO2/c1-14-10-16(8-9-18(14)21-3)12-20-11-15(2)22-19-7-5-4-6-17(19)13-20/h4-10,15H,11-13H2,1-3H3. The van der Waals surface area contributed by atoms with E-state index in [1.807, 2.05) is 6.07 Å². The smallest absolute Gasteiger partial charge is 0.124 e. The zero-order chi connectivity index (χ0) is 15.5. The second-order valence-electron chi connectivity index (χ2n) is 6.01. The number of rotatable bonds is 3. The van der Waals surface area contributed by atoms with Crippen LogP contribution < -0.4 is 9.47 Å². The Morgan fingerprint density at radius 3 is 2.82 bits per heavy atom. The van der Waals surface area contributed by atoms with Crippen LogP contribution in [0.5, 0.6) is 11.5 Å². The van der Waals surface area contributed by atoms with E-state index in [1.54, 1.807) is 7.11 Å². The molecule has 3 rings (SSSR count). The fraction of sp³-hybridized carbons (Fsp3) is 0.368. The van der Waals surface area contributed by atoms with Gasteiger partial charge in [0.1, 0.15) is 17.6 Å². The van der Waals surface area contributed by atoms with Crippen molar-refractivity contribution < 1.29 is 9.47 Å². The van der Waals surface area contributed by atoms with Crippen LogP contribution in [0.1, 0.15) is 23.6 Å². The molecule has 1 unspecified atom stereocenters. The molecular weight excluding hydrogens is 274 g/mol. The van der Waals surface area contributed by atoms with Gasteiger partial charge in [-0.25, -0.2) is 0 Å². The number of methoxy groups -OCH3 is 1. The van der Waals surface area contributed by atoms with Gasteiger partial charge in [-0.2, -0.15) is 0 Å². The van der Waals surface area contributed by atoms with Crippen molar-refractivity contribution in [3.8, 4) is 11.5 Å². The summed E-state index contributed by atoms with van der Waals surface area (Å²) >= 11 is 0. The topological polar surface area (TPSA) is 21.7 Å². The molecule has 0 saturated carbocycles. The number of para-hydroxylation sites is 1. The molecule has 3 heteroatoms. The summed E-state index contributed by atoms with van der Waals surface area (Å²) in [5.74, 6) is 1.96. The summed E-state index contributed by atoms with van der Waals surface area (Å²) in [6.07, 6.45) is 0.197. The van der Waals surface area contributed by atoms with Crippen molar-refractivity contribution in [1.29, 1.82) is 0 Å². The van der Waals surface area contributed by atoms with Gasteiger partial charge in [0.15, 0.2) is 0 Å². The van der Waals surface area contributed by atoms with E-state index in [9.17, 15) is 0 Å². The molecule has 2 aromatic carbocycles. The molecule has 0 N–H and O–H groups in total. The van der Waals surface area contributed by atoms with Gasteiger partial charge < -0.3 is 9.47 Å². The van der Waals surface area contributed by atoms with Crippen LogP contribution in [-0.4, -0.2) is 24.7 Å². The lowest BCUT2D eigenvalue weighted by atomic mass is 10.1. The van der Waals surface area contributed by atoms with Gasteiger partial charge in [-0.15, -0.1) is 0 Å². The van der Waals surface area contributed by atoms with Crippen LogP contribution >= 0.6 is 0 Å². The molecule has 116 valence electrons. The number of fused-ring (bicyclic) bond motifs is 1. The van der Waals surface area contributed by atoms with Crippen LogP contribution in [0.2, 0.25) is 0 Å². The van der Waals surface area contributed by atoms with E-state index in [4.69, 9.17) is 9.47 Å². The lowest BCUT2D eigenvalue weighted by Gasteiger charge is -2.22. The normalized spacial score (nSPS) is 18.2. The average molecular weight is 297 g/mol. The number of ether oxygens (including phenoxy) is 2. The van der Waals surface area contributed by atoms with E-state index in [2.05, 4.69) is 55.1 Å². The Labute approximate surface area is 132 Å². The summed E-state index contributed by atoms with van der Waals surface area (Å²) in [5.41, 5.74) is 3.75. The summed E-state index contributed by atoms with van der Waals surface area (Å²) < 4.78 is 11.4. The molecule has 22 heavy (non-hydrogen) atoms. The highest BCUT2D eigenvalue weighted by Crippen LogP contribution is 2.26. The molecule has 0 spiro atoms. The summed E-state index contributed by atoms with van der Waals surface area (Å²) in [7, 11) is 1.72. The molecule has 1 heterocycles. The molecule has 0 saturated heterocycles. The second-order valence-corrected chi connectivity index (χ2v) is 6.01. The minimum Gasteiger partial charge on any atom is -0.496 e. The van der Waals surface area contributed by atoms with Crippen molar-refractivity contribution in [3.05, 3.63) is 59.2 Å². The molecular formula is C19H23NO2. The van der Waals surface area contributed by atoms with Crippen molar-refractivity contribution in [2.24, 2.45) is 0 Å². The molecule has 0 aliphatic carbocycles. The molecule has 0 aromatic heterocycles. The van der Waals surface area contributed by atoms with Crippen LogP contribution in [0.25, 0.3) is 0 Å². The average Bonchev–Trinajstić information content (AvgIpc) is 2.64. The Kier molecular flexibility index (Phi) is 4.34. The summed E-state index contributed by atoms with van der Waals surface area (Å²) in [4.78, 5) is 2.44. The Bertz CT molecular complexity index is 654. The molecule has 0 radical (unpaired) electrons. The molecule has 1 atom stereocenters. The highest BCUT2D eigenvalue weighted by molar-refractivity contribution is 5.37. The molecule has 1 aliphatic rings. The van der Waals surface area contributed by atoms with Crippen molar-refractivity contribution in [1.82, 2.24) is 4.90 Å². The molecule has 1 aliphatic heterocycles. The summed E-state index contributed by atoms with van der Waals surface area (Å²) in [6, 6.07) is 14.7. The number of aryl methyl sites for hydroxylation is 1. The Hall–Kier alpha value is -2.00. The van der Waals surface area contributed by atoms with Crippen LogP contribution in [-0.2, 0) is 13.1 Å². The number of hydrogen-bond acceptors (Lipinski definition) is 3. The Balaban J connectivity index is 1.79. The molecule has 3 nitrogen and oxygen atoms in total.